The summed E-state index contributed by atoms with van der Waals surface area (Å²) in [6.07, 6.45) is -3.59. The molecule has 2 aromatic rings. The molecule has 4 nitrogen and oxygen atoms in total. The van der Waals surface area contributed by atoms with Gasteiger partial charge in [-0.2, -0.15) is 13.2 Å². The van der Waals surface area contributed by atoms with Crippen LogP contribution in [0.25, 0.3) is 0 Å². The number of piperazine rings is 1. The van der Waals surface area contributed by atoms with Crippen molar-refractivity contribution in [3.05, 3.63) is 70.2 Å². The van der Waals surface area contributed by atoms with E-state index in [4.69, 9.17) is 16.4 Å². The van der Waals surface area contributed by atoms with Crippen LogP contribution in [0.5, 0.6) is 0 Å². The van der Waals surface area contributed by atoms with E-state index in [1.54, 1.807) is 12.1 Å². The van der Waals surface area contributed by atoms with Crippen LogP contribution in [0.2, 0.25) is 5.02 Å². The number of halogens is 4. The van der Waals surface area contributed by atoms with Gasteiger partial charge in [0.1, 0.15) is 6.10 Å². The van der Waals surface area contributed by atoms with Crippen LogP contribution in [0.3, 0.4) is 0 Å². The minimum absolute atomic E-state index is 0.00631. The van der Waals surface area contributed by atoms with Crippen LogP contribution in [-0.2, 0) is 17.6 Å². The Morgan fingerprint density at radius 3 is 2.33 bits per heavy atom. The number of benzene rings is 2. The molecule has 0 N–H and O–H groups in total. The number of hydrogen-bond acceptors (Lipinski definition) is 4. The molecule has 0 radical (unpaired) electrons. The molecule has 8 heteroatoms. The molecule has 0 aliphatic carbocycles. The van der Waals surface area contributed by atoms with Gasteiger partial charge in [-0.05, 0) is 29.3 Å². The Labute approximate surface area is 178 Å². The van der Waals surface area contributed by atoms with Crippen molar-refractivity contribution in [2.75, 3.05) is 32.7 Å². The zero-order valence-corrected chi connectivity index (χ0v) is 17.2. The fourth-order valence-corrected chi connectivity index (χ4v) is 4.06. The van der Waals surface area contributed by atoms with Crippen LogP contribution in [-0.4, -0.2) is 54.3 Å². The molecule has 0 aromatic heterocycles. The van der Waals surface area contributed by atoms with Gasteiger partial charge in [-0.3, -0.25) is 9.80 Å². The second-order valence-electron chi connectivity index (χ2n) is 7.71. The molecular formula is C22H23ClF3N3O. The van der Waals surface area contributed by atoms with E-state index < -0.39 is 11.7 Å². The molecule has 2 aliphatic rings. The highest BCUT2D eigenvalue weighted by Crippen LogP contribution is 2.32. The van der Waals surface area contributed by atoms with E-state index in [1.165, 1.54) is 6.07 Å². The van der Waals surface area contributed by atoms with Gasteiger partial charge < -0.3 is 4.84 Å². The smallest absolute Gasteiger partial charge is 0.390 e. The second kappa shape index (κ2) is 8.96. The van der Waals surface area contributed by atoms with Crippen molar-refractivity contribution in [3.63, 3.8) is 0 Å². The van der Waals surface area contributed by atoms with Crippen molar-refractivity contribution in [1.29, 1.82) is 0 Å². The number of rotatable bonds is 5. The minimum atomic E-state index is -4.32. The number of alkyl halides is 3. The Morgan fingerprint density at radius 1 is 0.967 bits per heavy atom. The topological polar surface area (TPSA) is 28.1 Å². The Morgan fingerprint density at radius 2 is 1.63 bits per heavy atom. The maximum Gasteiger partial charge on any atom is 0.416 e. The van der Waals surface area contributed by atoms with Crippen molar-refractivity contribution in [2.24, 2.45) is 5.16 Å². The lowest BCUT2D eigenvalue weighted by Gasteiger charge is -2.35. The lowest BCUT2D eigenvalue weighted by atomic mass is 10.0. The molecule has 1 unspecified atom stereocenters. The van der Waals surface area contributed by atoms with Crippen LogP contribution in [0.1, 0.15) is 23.1 Å². The lowest BCUT2D eigenvalue weighted by Crippen LogP contribution is -2.48. The van der Waals surface area contributed by atoms with Crippen molar-refractivity contribution < 1.29 is 18.0 Å². The third-order valence-corrected chi connectivity index (χ3v) is 5.81. The van der Waals surface area contributed by atoms with E-state index >= 15 is 0 Å². The van der Waals surface area contributed by atoms with Gasteiger partial charge in [-0.25, -0.2) is 0 Å². The largest absolute Gasteiger partial charge is 0.416 e. The molecule has 30 heavy (non-hydrogen) atoms. The predicted octanol–water partition coefficient (Wildman–Crippen LogP) is 4.67. The zero-order chi connectivity index (χ0) is 21.1. The normalized spacial score (nSPS) is 20.8. The molecule has 1 saturated heterocycles. The molecule has 2 heterocycles. The summed E-state index contributed by atoms with van der Waals surface area (Å²) < 4.78 is 39.6. The van der Waals surface area contributed by atoms with Gasteiger partial charge in [0.2, 0.25) is 0 Å². The van der Waals surface area contributed by atoms with Crippen LogP contribution >= 0.6 is 11.6 Å². The van der Waals surface area contributed by atoms with Gasteiger partial charge in [-0.15, -0.1) is 0 Å². The first-order chi connectivity index (χ1) is 14.4. The number of oxime groups is 1. The minimum Gasteiger partial charge on any atom is -0.390 e. The van der Waals surface area contributed by atoms with E-state index in [-0.39, 0.29) is 6.10 Å². The van der Waals surface area contributed by atoms with Gasteiger partial charge in [0.05, 0.1) is 11.3 Å². The molecule has 0 saturated carbocycles. The Balaban J connectivity index is 1.26. The first-order valence-corrected chi connectivity index (χ1v) is 10.3. The van der Waals surface area contributed by atoms with E-state index in [1.807, 2.05) is 24.3 Å². The van der Waals surface area contributed by atoms with Crippen LogP contribution in [0, 0.1) is 0 Å². The maximum absolute atomic E-state index is 13.2. The molecule has 4 rings (SSSR count). The molecular weight excluding hydrogens is 415 g/mol. The van der Waals surface area contributed by atoms with Crippen molar-refractivity contribution in [2.45, 2.75) is 25.2 Å². The van der Waals surface area contributed by atoms with Crippen molar-refractivity contribution >= 4 is 17.3 Å². The number of hydrogen-bond donors (Lipinski definition) is 0. The monoisotopic (exact) mass is 437 g/mol. The quantitative estimate of drug-likeness (QED) is 0.680. The van der Waals surface area contributed by atoms with Crippen LogP contribution in [0.4, 0.5) is 13.2 Å². The summed E-state index contributed by atoms with van der Waals surface area (Å²) in [6, 6.07) is 13.4. The third-order valence-electron chi connectivity index (χ3n) is 5.55. The predicted molar refractivity (Wildman–Crippen MR) is 111 cm³/mol. The highest BCUT2D eigenvalue weighted by Gasteiger charge is 2.33. The SMILES string of the molecule is FC(F)(F)c1ccccc1CN1CCN(CC2CC(c3ccc(Cl)cc3)=NO2)CC1. The first kappa shape index (κ1) is 21.2. The molecule has 1 fully saturated rings. The maximum atomic E-state index is 13.2. The van der Waals surface area contributed by atoms with Gasteiger partial charge >= 0.3 is 6.18 Å². The fraction of sp³-hybridized carbons (Fsp3) is 0.409. The van der Waals surface area contributed by atoms with Crippen LogP contribution in [0.15, 0.2) is 53.7 Å². The Kier molecular flexibility index (Phi) is 6.32. The highest BCUT2D eigenvalue weighted by molar-refractivity contribution is 6.30. The Hall–Kier alpha value is -2.09. The summed E-state index contributed by atoms with van der Waals surface area (Å²) in [5.41, 5.74) is 1.71. The van der Waals surface area contributed by atoms with Crippen LogP contribution < -0.4 is 0 Å². The van der Waals surface area contributed by atoms with Gasteiger partial charge in [0.15, 0.2) is 0 Å². The second-order valence-corrected chi connectivity index (χ2v) is 8.14. The summed E-state index contributed by atoms with van der Waals surface area (Å²) in [4.78, 5) is 9.97. The molecule has 2 aliphatic heterocycles. The molecule has 160 valence electrons. The van der Waals surface area contributed by atoms with Gasteiger partial charge in [0, 0.05) is 50.7 Å². The summed E-state index contributed by atoms with van der Waals surface area (Å²) in [5, 5.41) is 4.90. The Bertz CT molecular complexity index is 893. The average molecular weight is 438 g/mol. The highest BCUT2D eigenvalue weighted by atomic mass is 35.5. The zero-order valence-electron chi connectivity index (χ0n) is 16.4. The molecule has 1 atom stereocenters. The summed E-state index contributed by atoms with van der Waals surface area (Å²) in [6.45, 7) is 4.11. The first-order valence-electron chi connectivity index (χ1n) is 9.97. The summed E-state index contributed by atoms with van der Waals surface area (Å²) in [5.74, 6) is 0. The lowest BCUT2D eigenvalue weighted by molar-refractivity contribution is -0.138. The van der Waals surface area contributed by atoms with E-state index in [0.717, 1.165) is 56.5 Å². The average Bonchev–Trinajstić information content (AvgIpc) is 3.18. The standard InChI is InChI=1S/C22H23ClF3N3O/c23-18-7-5-16(6-8-18)21-13-19(30-27-21)15-29-11-9-28(10-12-29)14-17-3-1-2-4-20(17)22(24,25)26/h1-8,19H,9-15H2. The molecule has 0 bridgehead atoms. The van der Waals surface area contributed by atoms with Gasteiger partial charge in [-0.1, -0.05) is 47.1 Å². The van der Waals surface area contributed by atoms with E-state index in [0.29, 0.717) is 17.1 Å². The molecule has 0 spiro atoms. The third kappa shape index (κ3) is 5.14. The van der Waals surface area contributed by atoms with Crippen molar-refractivity contribution in [1.82, 2.24) is 9.80 Å². The van der Waals surface area contributed by atoms with Crippen molar-refractivity contribution in [3.8, 4) is 0 Å². The fourth-order valence-electron chi connectivity index (χ4n) is 3.93. The summed E-state index contributed by atoms with van der Waals surface area (Å²) in [7, 11) is 0. The molecule has 0 amide bonds. The molecule has 2 aromatic carbocycles. The summed E-state index contributed by atoms with van der Waals surface area (Å²) >= 11 is 5.93. The van der Waals surface area contributed by atoms with E-state index in [2.05, 4.69) is 15.0 Å². The number of nitrogens with zero attached hydrogens (tertiary/aromatic N) is 3. The van der Waals surface area contributed by atoms with E-state index in [9.17, 15) is 13.2 Å². The van der Waals surface area contributed by atoms with Gasteiger partial charge in [0.25, 0.3) is 0 Å².